The molecule has 0 aromatic heterocycles. The fourth-order valence-corrected chi connectivity index (χ4v) is 3.80. The summed E-state index contributed by atoms with van der Waals surface area (Å²) in [6, 6.07) is 11.8. The molecule has 6 nitrogen and oxygen atoms in total. The number of halogens is 2. The number of amides is 1. The highest BCUT2D eigenvalue weighted by atomic mass is 35.5. The van der Waals surface area contributed by atoms with Crippen molar-refractivity contribution in [1.82, 2.24) is 5.06 Å². The van der Waals surface area contributed by atoms with Gasteiger partial charge in [-0.05, 0) is 51.5 Å². The van der Waals surface area contributed by atoms with Gasteiger partial charge in [0.1, 0.15) is 11.3 Å². The summed E-state index contributed by atoms with van der Waals surface area (Å²) in [5.74, 6) is -0.948. The summed E-state index contributed by atoms with van der Waals surface area (Å²) in [6.07, 6.45) is 0. The zero-order valence-electron chi connectivity index (χ0n) is 17.7. The summed E-state index contributed by atoms with van der Waals surface area (Å²) in [7, 11) is 0. The molecule has 1 amide bonds. The van der Waals surface area contributed by atoms with Gasteiger partial charge in [0.25, 0.3) is 5.91 Å². The molecule has 31 heavy (non-hydrogen) atoms. The zero-order chi connectivity index (χ0) is 22.8. The Labute approximate surface area is 191 Å². The van der Waals surface area contributed by atoms with Crippen molar-refractivity contribution in [3.05, 3.63) is 75.0 Å². The number of ether oxygens (including phenoxy) is 2. The number of hydrogen-bond acceptors (Lipinski definition) is 5. The van der Waals surface area contributed by atoms with Crippen LogP contribution in [0.3, 0.4) is 0 Å². The fourth-order valence-electron chi connectivity index (χ4n) is 3.30. The molecule has 0 fully saturated rings. The van der Waals surface area contributed by atoms with Crippen molar-refractivity contribution < 1.29 is 23.9 Å². The molecule has 1 aliphatic rings. The topological polar surface area (TPSA) is 65.1 Å². The van der Waals surface area contributed by atoms with Crippen LogP contribution in [0.5, 0.6) is 0 Å². The van der Waals surface area contributed by atoms with Gasteiger partial charge in [-0.2, -0.15) is 0 Å². The Morgan fingerprint density at radius 1 is 1.13 bits per heavy atom. The van der Waals surface area contributed by atoms with Crippen LogP contribution in [0.1, 0.15) is 42.3 Å². The Balaban J connectivity index is 2.09. The van der Waals surface area contributed by atoms with Crippen LogP contribution in [0.2, 0.25) is 10.0 Å². The van der Waals surface area contributed by atoms with E-state index < -0.39 is 17.4 Å². The zero-order valence-corrected chi connectivity index (χ0v) is 19.2. The van der Waals surface area contributed by atoms with E-state index in [-0.39, 0.29) is 23.1 Å². The Bertz CT molecular complexity index is 1050. The third kappa shape index (κ3) is 4.62. The number of carbonyl (C=O) groups excluding carboxylic acids is 2. The fraction of sp³-hybridized carbons (Fsp3) is 0.304. The van der Waals surface area contributed by atoms with Crippen molar-refractivity contribution in [2.75, 3.05) is 13.4 Å². The lowest BCUT2D eigenvalue weighted by atomic mass is 9.99. The van der Waals surface area contributed by atoms with E-state index in [4.69, 9.17) is 37.5 Å². The molecule has 1 aliphatic heterocycles. The molecule has 0 saturated heterocycles. The van der Waals surface area contributed by atoms with Crippen molar-refractivity contribution >= 4 is 40.7 Å². The summed E-state index contributed by atoms with van der Waals surface area (Å²) in [4.78, 5) is 31.9. The Hall–Kier alpha value is -2.38. The van der Waals surface area contributed by atoms with Crippen LogP contribution < -0.4 is 0 Å². The first kappa shape index (κ1) is 23.3. The van der Waals surface area contributed by atoms with Gasteiger partial charge in [-0.15, -0.1) is 0 Å². The number of hydroxylamine groups is 2. The Morgan fingerprint density at radius 2 is 1.84 bits per heavy atom. The van der Waals surface area contributed by atoms with Crippen LogP contribution in [-0.2, 0) is 19.1 Å². The lowest BCUT2D eigenvalue weighted by molar-refractivity contribution is -0.242. The molecule has 0 radical (unpaired) electrons. The van der Waals surface area contributed by atoms with Gasteiger partial charge in [-0.3, -0.25) is 4.79 Å². The maximum Gasteiger partial charge on any atom is 0.343 e. The largest absolute Gasteiger partial charge is 0.424 e. The van der Waals surface area contributed by atoms with Gasteiger partial charge in [-0.1, -0.05) is 47.5 Å². The molecule has 2 aromatic rings. The number of aryl methyl sites for hydroxylation is 1. The summed E-state index contributed by atoms with van der Waals surface area (Å²) >= 11 is 12.4. The lowest BCUT2D eigenvalue weighted by Gasteiger charge is -2.31. The molecule has 0 spiro atoms. The van der Waals surface area contributed by atoms with Gasteiger partial charge in [0.05, 0.1) is 16.2 Å². The Morgan fingerprint density at radius 3 is 2.48 bits per heavy atom. The molecule has 0 N–H and O–H groups in total. The predicted octanol–water partition coefficient (Wildman–Crippen LogP) is 5.42. The highest BCUT2D eigenvalue weighted by molar-refractivity contribution is 6.37. The normalized spacial score (nSPS) is 15.5. The van der Waals surface area contributed by atoms with E-state index in [1.807, 2.05) is 26.0 Å². The van der Waals surface area contributed by atoms with Crippen molar-refractivity contribution in [2.24, 2.45) is 0 Å². The molecule has 0 unspecified atom stereocenters. The van der Waals surface area contributed by atoms with E-state index in [2.05, 4.69) is 0 Å². The second-order valence-corrected chi connectivity index (χ2v) is 8.27. The molecule has 0 aliphatic carbocycles. The average Bonchev–Trinajstić information content (AvgIpc) is 2.89. The summed E-state index contributed by atoms with van der Waals surface area (Å²) < 4.78 is 11.1. The summed E-state index contributed by atoms with van der Waals surface area (Å²) in [6.45, 7) is 7.34. The quantitative estimate of drug-likeness (QED) is 0.311. The van der Waals surface area contributed by atoms with E-state index >= 15 is 0 Å². The van der Waals surface area contributed by atoms with Gasteiger partial charge in [-0.25, -0.2) is 14.7 Å². The SMILES string of the molecule is CCOCON1C(=O)C(c2ccc(Cl)cc2Cl)=C(OC(=O)c2ccccc2C)C1(C)C. The van der Waals surface area contributed by atoms with Gasteiger partial charge in [0.15, 0.2) is 6.79 Å². The second-order valence-electron chi connectivity index (χ2n) is 7.43. The van der Waals surface area contributed by atoms with Crippen molar-refractivity contribution in [1.29, 1.82) is 0 Å². The minimum Gasteiger partial charge on any atom is -0.424 e. The van der Waals surface area contributed by atoms with E-state index in [9.17, 15) is 9.59 Å². The number of benzene rings is 2. The first-order valence-corrected chi connectivity index (χ1v) is 10.5. The number of nitrogens with zero attached hydrogens (tertiary/aromatic N) is 1. The first-order valence-electron chi connectivity index (χ1n) is 9.71. The summed E-state index contributed by atoms with van der Waals surface area (Å²) in [5, 5.41) is 1.81. The smallest absolute Gasteiger partial charge is 0.343 e. The maximum absolute atomic E-state index is 13.4. The van der Waals surface area contributed by atoms with E-state index in [1.54, 1.807) is 38.1 Å². The van der Waals surface area contributed by atoms with Crippen molar-refractivity contribution in [3.8, 4) is 0 Å². The molecular weight excluding hydrogens is 441 g/mol. The molecule has 0 bridgehead atoms. The average molecular weight is 464 g/mol. The maximum atomic E-state index is 13.4. The van der Waals surface area contributed by atoms with Crippen molar-refractivity contribution in [3.63, 3.8) is 0 Å². The van der Waals surface area contributed by atoms with Crippen LogP contribution in [0.15, 0.2) is 48.2 Å². The number of esters is 1. The highest BCUT2D eigenvalue weighted by Gasteiger charge is 2.50. The monoisotopic (exact) mass is 463 g/mol. The molecule has 2 aromatic carbocycles. The predicted molar refractivity (Wildman–Crippen MR) is 118 cm³/mol. The number of rotatable bonds is 7. The van der Waals surface area contributed by atoms with E-state index in [0.29, 0.717) is 22.8 Å². The van der Waals surface area contributed by atoms with Crippen molar-refractivity contribution in [2.45, 2.75) is 33.2 Å². The molecule has 1 heterocycles. The van der Waals surface area contributed by atoms with Crippen LogP contribution >= 0.6 is 23.2 Å². The van der Waals surface area contributed by atoms with Crippen LogP contribution in [-0.4, -0.2) is 35.9 Å². The van der Waals surface area contributed by atoms with Gasteiger partial charge in [0.2, 0.25) is 0 Å². The molecule has 8 heteroatoms. The second kappa shape index (κ2) is 9.40. The third-order valence-corrected chi connectivity index (χ3v) is 5.47. The third-order valence-electron chi connectivity index (χ3n) is 4.92. The van der Waals surface area contributed by atoms with Gasteiger partial charge in [0, 0.05) is 17.2 Å². The van der Waals surface area contributed by atoms with Crippen LogP contribution in [0, 0.1) is 6.92 Å². The van der Waals surface area contributed by atoms with Gasteiger partial charge < -0.3 is 9.47 Å². The molecule has 164 valence electrons. The minimum atomic E-state index is -1.11. The lowest BCUT2D eigenvalue weighted by Crippen LogP contribution is -2.44. The van der Waals surface area contributed by atoms with Crippen LogP contribution in [0.25, 0.3) is 5.57 Å². The molecular formula is C23H23Cl2NO5. The summed E-state index contributed by atoms with van der Waals surface area (Å²) in [5.41, 5.74) is 0.564. The van der Waals surface area contributed by atoms with Crippen LogP contribution in [0.4, 0.5) is 0 Å². The van der Waals surface area contributed by atoms with Gasteiger partial charge >= 0.3 is 5.97 Å². The Kier molecular flexibility index (Phi) is 7.06. The minimum absolute atomic E-state index is 0.130. The number of carbonyl (C=O) groups is 2. The van der Waals surface area contributed by atoms with E-state index in [0.717, 1.165) is 10.6 Å². The standard InChI is InChI=1S/C23H23Cl2NO5/c1-5-29-13-30-26-21(27)19(17-11-10-15(24)12-18(17)25)20(23(26,3)4)31-22(28)16-9-7-6-8-14(16)2/h6-12H,5,13H2,1-4H3. The molecule has 0 atom stereocenters. The highest BCUT2D eigenvalue weighted by Crippen LogP contribution is 2.43. The molecule has 0 saturated carbocycles. The number of hydrogen-bond donors (Lipinski definition) is 0. The first-order chi connectivity index (χ1) is 14.7. The molecule has 3 rings (SSSR count). The van der Waals surface area contributed by atoms with E-state index in [1.165, 1.54) is 6.07 Å².